The number of carbonyl (C=O) groups is 4. The van der Waals surface area contributed by atoms with Crippen molar-refractivity contribution in [3.63, 3.8) is 0 Å². The number of esters is 1. The van der Waals surface area contributed by atoms with E-state index in [1.807, 2.05) is 0 Å². The molecule has 27 heavy (non-hydrogen) atoms. The number of rotatable bonds is 7. The molecular formula is C17H24N4O5S. The van der Waals surface area contributed by atoms with Crippen LogP contribution >= 0.6 is 11.3 Å². The van der Waals surface area contributed by atoms with Crippen LogP contribution in [0, 0.1) is 5.92 Å². The zero-order valence-corrected chi connectivity index (χ0v) is 16.1. The topological polar surface area (TPSA) is 154 Å². The SMILES string of the molecule is CC(C)C(NC(N)=O)C(=O)OCC(=O)Nc1sc2c(c1C(N)=O)CCCC2. The largest absolute Gasteiger partial charge is 0.454 e. The van der Waals surface area contributed by atoms with Crippen molar-refractivity contribution >= 4 is 40.2 Å². The van der Waals surface area contributed by atoms with Crippen molar-refractivity contribution in [2.24, 2.45) is 17.4 Å². The second-order valence-corrected chi connectivity index (χ2v) is 7.77. The Morgan fingerprint density at radius 1 is 1.15 bits per heavy atom. The van der Waals surface area contributed by atoms with E-state index in [-0.39, 0.29) is 5.92 Å². The van der Waals surface area contributed by atoms with E-state index in [4.69, 9.17) is 16.2 Å². The van der Waals surface area contributed by atoms with Gasteiger partial charge in [0.2, 0.25) is 0 Å². The fourth-order valence-electron chi connectivity index (χ4n) is 2.95. The zero-order chi connectivity index (χ0) is 20.1. The van der Waals surface area contributed by atoms with Gasteiger partial charge in [-0.25, -0.2) is 9.59 Å². The monoisotopic (exact) mass is 396 g/mol. The number of anilines is 1. The first-order valence-corrected chi connectivity index (χ1v) is 9.49. The summed E-state index contributed by atoms with van der Waals surface area (Å²) in [4.78, 5) is 48.1. The van der Waals surface area contributed by atoms with Crippen molar-refractivity contribution in [1.29, 1.82) is 0 Å². The average molecular weight is 396 g/mol. The first kappa shape index (κ1) is 20.7. The fraction of sp³-hybridized carbons (Fsp3) is 0.529. The van der Waals surface area contributed by atoms with E-state index in [0.29, 0.717) is 10.6 Å². The smallest absolute Gasteiger partial charge is 0.329 e. The van der Waals surface area contributed by atoms with Crippen LogP contribution in [0.4, 0.5) is 9.80 Å². The molecule has 6 N–H and O–H groups in total. The van der Waals surface area contributed by atoms with Gasteiger partial charge in [0.25, 0.3) is 11.8 Å². The number of ether oxygens (including phenoxy) is 1. The molecule has 0 spiro atoms. The molecule has 2 rings (SSSR count). The number of hydrogen-bond acceptors (Lipinski definition) is 6. The third-order valence-corrected chi connectivity index (χ3v) is 5.44. The van der Waals surface area contributed by atoms with E-state index in [2.05, 4.69) is 10.6 Å². The molecule has 148 valence electrons. The quantitative estimate of drug-likeness (QED) is 0.504. The number of nitrogens with one attached hydrogen (secondary N) is 2. The van der Waals surface area contributed by atoms with Gasteiger partial charge in [-0.2, -0.15) is 0 Å². The Hall–Kier alpha value is -2.62. The number of aryl methyl sites for hydroxylation is 1. The minimum atomic E-state index is -0.953. The van der Waals surface area contributed by atoms with Crippen LogP contribution in [0.1, 0.15) is 47.5 Å². The summed E-state index contributed by atoms with van der Waals surface area (Å²) in [6, 6.07) is -1.81. The Kier molecular flexibility index (Phi) is 6.78. The van der Waals surface area contributed by atoms with Crippen molar-refractivity contribution in [3.05, 3.63) is 16.0 Å². The maximum atomic E-state index is 12.2. The molecule has 1 atom stereocenters. The molecule has 4 amide bonds. The molecule has 10 heteroatoms. The van der Waals surface area contributed by atoms with Crippen LogP contribution in [0.25, 0.3) is 0 Å². The summed E-state index contributed by atoms with van der Waals surface area (Å²) in [7, 11) is 0. The van der Waals surface area contributed by atoms with Crippen LogP contribution in [0.15, 0.2) is 0 Å². The summed E-state index contributed by atoms with van der Waals surface area (Å²) in [5.74, 6) is -2.21. The van der Waals surface area contributed by atoms with Gasteiger partial charge < -0.3 is 26.8 Å². The minimum absolute atomic E-state index is 0.265. The average Bonchev–Trinajstić information content (AvgIpc) is 2.95. The molecule has 1 aromatic rings. The van der Waals surface area contributed by atoms with Gasteiger partial charge in [0.1, 0.15) is 11.0 Å². The molecule has 1 aliphatic carbocycles. The number of amides is 4. The summed E-state index contributed by atoms with van der Waals surface area (Å²) in [6.07, 6.45) is 3.60. The van der Waals surface area contributed by atoms with Crippen LogP contribution in [-0.2, 0) is 27.2 Å². The lowest BCUT2D eigenvalue weighted by atomic mass is 9.95. The highest BCUT2D eigenvalue weighted by atomic mass is 32.1. The van der Waals surface area contributed by atoms with E-state index in [9.17, 15) is 19.2 Å². The lowest BCUT2D eigenvalue weighted by Crippen LogP contribution is -2.48. The van der Waals surface area contributed by atoms with Crippen molar-refractivity contribution < 1.29 is 23.9 Å². The van der Waals surface area contributed by atoms with Gasteiger partial charge in [-0.15, -0.1) is 11.3 Å². The maximum absolute atomic E-state index is 12.2. The van der Waals surface area contributed by atoms with Gasteiger partial charge in [-0.05, 0) is 37.2 Å². The third kappa shape index (κ3) is 5.19. The van der Waals surface area contributed by atoms with Gasteiger partial charge in [0.05, 0.1) is 5.56 Å². The standard InChI is InChI=1S/C17H24N4O5S/c1-8(2)13(21-17(19)25)16(24)26-7-11(22)20-15-12(14(18)23)9-5-3-4-6-10(9)27-15/h8,13H,3-7H2,1-2H3,(H2,18,23)(H,20,22)(H3,19,21,25). The van der Waals surface area contributed by atoms with E-state index in [1.165, 1.54) is 11.3 Å². The molecule has 0 radical (unpaired) electrons. The molecule has 1 unspecified atom stereocenters. The Labute approximate surface area is 160 Å². The highest BCUT2D eigenvalue weighted by molar-refractivity contribution is 7.17. The van der Waals surface area contributed by atoms with Gasteiger partial charge in [0.15, 0.2) is 6.61 Å². The summed E-state index contributed by atoms with van der Waals surface area (Å²) in [5.41, 5.74) is 11.8. The van der Waals surface area contributed by atoms with E-state index < -0.39 is 36.5 Å². The van der Waals surface area contributed by atoms with Gasteiger partial charge in [-0.3, -0.25) is 9.59 Å². The Morgan fingerprint density at radius 2 is 1.81 bits per heavy atom. The number of hydrogen-bond donors (Lipinski definition) is 4. The molecule has 1 aliphatic rings. The lowest BCUT2D eigenvalue weighted by molar-refractivity contribution is -0.150. The summed E-state index contributed by atoms with van der Waals surface area (Å²) in [5, 5.41) is 5.27. The highest BCUT2D eigenvalue weighted by Gasteiger charge is 2.27. The maximum Gasteiger partial charge on any atom is 0.329 e. The van der Waals surface area contributed by atoms with Crippen LogP contribution in [0.5, 0.6) is 0 Å². The second-order valence-electron chi connectivity index (χ2n) is 6.67. The summed E-state index contributed by atoms with van der Waals surface area (Å²) in [6.45, 7) is 2.86. The van der Waals surface area contributed by atoms with Crippen molar-refractivity contribution in [1.82, 2.24) is 5.32 Å². The first-order valence-electron chi connectivity index (χ1n) is 8.67. The molecule has 0 bridgehead atoms. The molecule has 1 heterocycles. The predicted molar refractivity (Wildman–Crippen MR) is 100 cm³/mol. The lowest BCUT2D eigenvalue weighted by Gasteiger charge is -2.19. The van der Waals surface area contributed by atoms with Crippen molar-refractivity contribution in [2.75, 3.05) is 11.9 Å². The van der Waals surface area contributed by atoms with Crippen LogP contribution in [0.3, 0.4) is 0 Å². The number of primary amides is 2. The molecule has 0 aromatic carbocycles. The second kappa shape index (κ2) is 8.85. The number of nitrogens with two attached hydrogens (primary N) is 2. The zero-order valence-electron chi connectivity index (χ0n) is 15.3. The van der Waals surface area contributed by atoms with E-state index in [0.717, 1.165) is 36.1 Å². The van der Waals surface area contributed by atoms with Crippen LogP contribution in [-0.4, -0.2) is 36.5 Å². The van der Waals surface area contributed by atoms with Gasteiger partial charge in [0, 0.05) is 4.88 Å². The number of thiophene rings is 1. The number of carbonyl (C=O) groups excluding carboxylic acids is 4. The molecule has 1 aromatic heterocycles. The molecule has 9 nitrogen and oxygen atoms in total. The molecule has 0 saturated heterocycles. The third-order valence-electron chi connectivity index (χ3n) is 4.23. The number of fused-ring (bicyclic) bond motifs is 1. The Bertz CT molecular complexity index is 759. The normalized spacial score (nSPS) is 14.2. The fourth-order valence-corrected chi connectivity index (χ4v) is 4.27. The van der Waals surface area contributed by atoms with Gasteiger partial charge >= 0.3 is 12.0 Å². The van der Waals surface area contributed by atoms with Crippen LogP contribution < -0.4 is 22.1 Å². The molecular weight excluding hydrogens is 372 g/mol. The van der Waals surface area contributed by atoms with E-state index >= 15 is 0 Å². The molecule has 0 aliphatic heterocycles. The summed E-state index contributed by atoms with van der Waals surface area (Å²) >= 11 is 1.33. The molecule has 0 fully saturated rings. The van der Waals surface area contributed by atoms with Crippen molar-refractivity contribution in [2.45, 2.75) is 45.6 Å². The van der Waals surface area contributed by atoms with Gasteiger partial charge in [-0.1, -0.05) is 13.8 Å². The Balaban J connectivity index is 2.02. The number of urea groups is 1. The minimum Gasteiger partial charge on any atom is -0.454 e. The Morgan fingerprint density at radius 3 is 2.41 bits per heavy atom. The van der Waals surface area contributed by atoms with Crippen molar-refractivity contribution in [3.8, 4) is 0 Å². The molecule has 0 saturated carbocycles. The van der Waals surface area contributed by atoms with Crippen LogP contribution in [0.2, 0.25) is 0 Å². The highest BCUT2D eigenvalue weighted by Crippen LogP contribution is 2.37. The first-order chi connectivity index (χ1) is 12.7. The van der Waals surface area contributed by atoms with E-state index in [1.54, 1.807) is 13.8 Å². The predicted octanol–water partition coefficient (Wildman–Crippen LogP) is 0.900. The summed E-state index contributed by atoms with van der Waals surface area (Å²) < 4.78 is 4.97.